The highest BCUT2D eigenvalue weighted by Gasteiger charge is 2.20. The van der Waals surface area contributed by atoms with Crippen LogP contribution in [0.1, 0.15) is 12.5 Å². The van der Waals surface area contributed by atoms with E-state index in [4.69, 9.17) is 5.73 Å². The lowest BCUT2D eigenvalue weighted by Gasteiger charge is -2.09. The molecule has 0 fully saturated rings. The number of carbonyl (C=O) groups is 1. The van der Waals surface area contributed by atoms with Crippen LogP contribution < -0.4 is 11.1 Å². The van der Waals surface area contributed by atoms with Crippen molar-refractivity contribution in [1.29, 1.82) is 0 Å². The second kappa shape index (κ2) is 8.22. The van der Waals surface area contributed by atoms with Gasteiger partial charge in [-0.2, -0.15) is 0 Å². The SMILES string of the molecule is CCn1c(SCC(=O)Nc2ccccc2C)nnc1-c1sc2ncccc2c1N. The summed E-state index contributed by atoms with van der Waals surface area (Å²) in [5.41, 5.74) is 8.85. The van der Waals surface area contributed by atoms with Crippen molar-refractivity contribution in [2.45, 2.75) is 25.5 Å². The van der Waals surface area contributed by atoms with Gasteiger partial charge in [0.05, 0.1) is 16.3 Å². The van der Waals surface area contributed by atoms with Crippen LogP contribution in [0.4, 0.5) is 11.4 Å². The van der Waals surface area contributed by atoms with Gasteiger partial charge in [0.15, 0.2) is 11.0 Å². The van der Waals surface area contributed by atoms with Crippen LogP contribution >= 0.6 is 23.1 Å². The minimum Gasteiger partial charge on any atom is -0.397 e. The van der Waals surface area contributed by atoms with E-state index in [0.29, 0.717) is 23.2 Å². The first kappa shape index (κ1) is 19.4. The van der Waals surface area contributed by atoms with Crippen molar-refractivity contribution in [3.63, 3.8) is 0 Å². The normalized spacial score (nSPS) is 11.1. The summed E-state index contributed by atoms with van der Waals surface area (Å²) in [6, 6.07) is 11.5. The molecule has 3 N–H and O–H groups in total. The number of rotatable bonds is 6. The molecule has 0 saturated heterocycles. The first-order valence-corrected chi connectivity index (χ1v) is 10.9. The van der Waals surface area contributed by atoms with Crippen LogP contribution in [0, 0.1) is 6.92 Å². The van der Waals surface area contributed by atoms with Gasteiger partial charge >= 0.3 is 0 Å². The molecule has 0 atom stereocenters. The Bertz CT molecular complexity index is 1180. The monoisotopic (exact) mass is 424 g/mol. The molecular weight excluding hydrogens is 404 g/mol. The van der Waals surface area contributed by atoms with E-state index in [-0.39, 0.29) is 11.7 Å². The molecule has 29 heavy (non-hydrogen) atoms. The number of nitrogens with zero attached hydrogens (tertiary/aromatic N) is 4. The Labute approximate surface area is 176 Å². The van der Waals surface area contributed by atoms with Crippen molar-refractivity contribution >= 4 is 50.6 Å². The Morgan fingerprint density at radius 1 is 1.24 bits per heavy atom. The van der Waals surface area contributed by atoms with E-state index in [2.05, 4.69) is 20.5 Å². The summed E-state index contributed by atoms with van der Waals surface area (Å²) < 4.78 is 1.98. The lowest BCUT2D eigenvalue weighted by Crippen LogP contribution is -2.15. The van der Waals surface area contributed by atoms with Crippen LogP contribution in [-0.2, 0) is 11.3 Å². The van der Waals surface area contributed by atoms with Crippen molar-refractivity contribution < 1.29 is 4.79 Å². The number of thioether (sulfide) groups is 1. The molecular formula is C20H20N6OS2. The average molecular weight is 425 g/mol. The lowest BCUT2D eigenvalue weighted by atomic mass is 10.2. The van der Waals surface area contributed by atoms with E-state index in [1.54, 1.807) is 6.20 Å². The molecule has 3 heterocycles. The zero-order valence-corrected chi connectivity index (χ0v) is 17.7. The number of anilines is 2. The minimum absolute atomic E-state index is 0.0814. The average Bonchev–Trinajstić information content (AvgIpc) is 3.29. The van der Waals surface area contributed by atoms with Crippen molar-refractivity contribution in [2.24, 2.45) is 0 Å². The highest BCUT2D eigenvalue weighted by Crippen LogP contribution is 2.39. The number of carbonyl (C=O) groups excluding carboxylic acids is 1. The van der Waals surface area contributed by atoms with E-state index in [1.165, 1.54) is 23.1 Å². The molecule has 7 nitrogen and oxygen atoms in total. The smallest absolute Gasteiger partial charge is 0.234 e. The maximum Gasteiger partial charge on any atom is 0.234 e. The van der Waals surface area contributed by atoms with Gasteiger partial charge in [0.1, 0.15) is 4.83 Å². The molecule has 0 unspecified atom stereocenters. The fourth-order valence-corrected chi connectivity index (χ4v) is 4.85. The Morgan fingerprint density at radius 2 is 2.07 bits per heavy atom. The van der Waals surface area contributed by atoms with Crippen LogP contribution in [-0.4, -0.2) is 31.4 Å². The second-order valence-corrected chi connectivity index (χ2v) is 8.34. The molecule has 4 aromatic rings. The zero-order chi connectivity index (χ0) is 20.4. The molecule has 1 amide bonds. The van der Waals surface area contributed by atoms with Crippen LogP contribution in [0.5, 0.6) is 0 Å². The van der Waals surface area contributed by atoms with Crippen molar-refractivity contribution in [3.8, 4) is 10.7 Å². The number of hydrogen-bond donors (Lipinski definition) is 2. The number of pyridine rings is 1. The summed E-state index contributed by atoms with van der Waals surface area (Å²) in [6.45, 7) is 4.66. The fraction of sp³-hybridized carbons (Fsp3) is 0.200. The minimum atomic E-state index is -0.0814. The van der Waals surface area contributed by atoms with Crippen LogP contribution in [0.15, 0.2) is 47.8 Å². The number of nitrogens with two attached hydrogens (primary N) is 1. The summed E-state index contributed by atoms with van der Waals surface area (Å²) in [4.78, 5) is 18.5. The van der Waals surface area contributed by atoms with Crippen LogP contribution in [0.3, 0.4) is 0 Å². The van der Waals surface area contributed by atoms with Gasteiger partial charge in [0, 0.05) is 23.8 Å². The number of nitrogens with one attached hydrogen (secondary N) is 1. The maximum absolute atomic E-state index is 12.4. The Morgan fingerprint density at radius 3 is 2.83 bits per heavy atom. The third-order valence-corrected chi connectivity index (χ3v) is 6.58. The number of amides is 1. The molecule has 0 bridgehead atoms. The first-order valence-electron chi connectivity index (χ1n) is 9.13. The molecule has 0 spiro atoms. The third kappa shape index (κ3) is 3.83. The largest absolute Gasteiger partial charge is 0.397 e. The van der Waals surface area contributed by atoms with Gasteiger partial charge in [0.25, 0.3) is 0 Å². The number of para-hydroxylation sites is 1. The van der Waals surface area contributed by atoms with Gasteiger partial charge in [-0.25, -0.2) is 4.98 Å². The predicted octanol–water partition coefficient (Wildman–Crippen LogP) is 4.20. The molecule has 0 saturated carbocycles. The Hall–Kier alpha value is -2.91. The molecule has 1 aromatic carbocycles. The number of thiophene rings is 1. The number of aryl methyl sites for hydroxylation is 1. The quantitative estimate of drug-likeness (QED) is 0.450. The molecule has 9 heteroatoms. The van der Waals surface area contributed by atoms with Gasteiger partial charge in [-0.1, -0.05) is 30.0 Å². The van der Waals surface area contributed by atoms with Gasteiger partial charge in [-0.05, 0) is 37.6 Å². The lowest BCUT2D eigenvalue weighted by molar-refractivity contribution is -0.113. The number of fused-ring (bicyclic) bond motifs is 1. The fourth-order valence-electron chi connectivity index (χ4n) is 3.00. The molecule has 148 valence electrons. The summed E-state index contributed by atoms with van der Waals surface area (Å²) >= 11 is 2.86. The standard InChI is InChI=1S/C20H20N6OS2/c1-3-26-18(17-16(21)13-8-6-10-22-19(13)29-17)24-25-20(26)28-11-15(27)23-14-9-5-4-7-12(14)2/h4-10H,3,11,21H2,1-2H3,(H,23,27). The van der Waals surface area contributed by atoms with E-state index >= 15 is 0 Å². The van der Waals surface area contributed by atoms with E-state index in [0.717, 1.165) is 26.3 Å². The summed E-state index contributed by atoms with van der Waals surface area (Å²) in [5, 5.41) is 13.2. The number of aromatic nitrogens is 4. The van der Waals surface area contributed by atoms with Gasteiger partial charge < -0.3 is 15.6 Å². The Balaban J connectivity index is 1.54. The predicted molar refractivity (Wildman–Crippen MR) is 119 cm³/mol. The van der Waals surface area contributed by atoms with Crippen molar-refractivity contribution in [1.82, 2.24) is 19.7 Å². The highest BCUT2D eigenvalue weighted by atomic mass is 32.2. The number of hydrogen-bond acceptors (Lipinski definition) is 7. The number of benzene rings is 1. The van der Waals surface area contributed by atoms with Crippen molar-refractivity contribution in [2.75, 3.05) is 16.8 Å². The molecule has 0 aliphatic rings. The van der Waals surface area contributed by atoms with Crippen LogP contribution in [0.25, 0.3) is 20.9 Å². The molecule has 4 rings (SSSR count). The second-order valence-electron chi connectivity index (χ2n) is 6.40. The molecule has 0 radical (unpaired) electrons. The number of nitrogen functional groups attached to an aromatic ring is 1. The van der Waals surface area contributed by atoms with Gasteiger partial charge in [-0.3, -0.25) is 4.79 Å². The van der Waals surface area contributed by atoms with E-state index in [1.807, 2.05) is 54.8 Å². The molecule has 0 aliphatic heterocycles. The topological polar surface area (TPSA) is 98.7 Å². The summed E-state index contributed by atoms with van der Waals surface area (Å²) in [5.74, 6) is 0.868. The van der Waals surface area contributed by atoms with E-state index < -0.39 is 0 Å². The molecule has 0 aliphatic carbocycles. The van der Waals surface area contributed by atoms with E-state index in [9.17, 15) is 4.79 Å². The first-order chi connectivity index (χ1) is 14.1. The Kier molecular flexibility index (Phi) is 5.50. The zero-order valence-electron chi connectivity index (χ0n) is 16.0. The van der Waals surface area contributed by atoms with Gasteiger partial charge in [0.2, 0.25) is 5.91 Å². The molecule has 3 aromatic heterocycles. The maximum atomic E-state index is 12.4. The van der Waals surface area contributed by atoms with Crippen LogP contribution in [0.2, 0.25) is 0 Å². The highest BCUT2D eigenvalue weighted by molar-refractivity contribution is 7.99. The third-order valence-electron chi connectivity index (χ3n) is 4.49. The summed E-state index contributed by atoms with van der Waals surface area (Å²) in [6.07, 6.45) is 1.75. The van der Waals surface area contributed by atoms with Gasteiger partial charge in [-0.15, -0.1) is 21.5 Å². The summed E-state index contributed by atoms with van der Waals surface area (Å²) in [7, 11) is 0. The van der Waals surface area contributed by atoms with Crippen molar-refractivity contribution in [3.05, 3.63) is 48.2 Å².